The van der Waals surface area contributed by atoms with E-state index in [4.69, 9.17) is 20.4 Å². The third kappa shape index (κ3) is 5.58. The summed E-state index contributed by atoms with van der Waals surface area (Å²) in [6, 6.07) is 2.80. The zero-order chi connectivity index (χ0) is 22.3. The molecule has 1 aromatic carbocycles. The number of benzene rings is 1. The summed E-state index contributed by atoms with van der Waals surface area (Å²) in [5, 5.41) is 35.6. The van der Waals surface area contributed by atoms with E-state index < -0.39 is 29.3 Å². The second kappa shape index (κ2) is 10.2. The number of hydrogen-bond acceptors (Lipinski definition) is 4. The van der Waals surface area contributed by atoms with Gasteiger partial charge >= 0.3 is 23.9 Å². The first kappa shape index (κ1) is 23.4. The van der Waals surface area contributed by atoms with Gasteiger partial charge in [-0.25, -0.2) is 9.59 Å². The molecule has 0 heterocycles. The van der Waals surface area contributed by atoms with Crippen molar-refractivity contribution < 1.29 is 39.6 Å². The summed E-state index contributed by atoms with van der Waals surface area (Å²) in [7, 11) is 0. The fourth-order valence-electron chi connectivity index (χ4n) is 4.47. The van der Waals surface area contributed by atoms with E-state index in [-0.39, 0.29) is 17.5 Å². The fraction of sp³-hybridized carbons (Fsp3) is 0.545. The van der Waals surface area contributed by atoms with E-state index in [0.29, 0.717) is 49.7 Å². The molecule has 2 aliphatic carbocycles. The minimum Gasteiger partial charge on any atom is -0.481 e. The van der Waals surface area contributed by atoms with Crippen molar-refractivity contribution in [3.8, 4) is 0 Å². The lowest BCUT2D eigenvalue weighted by Crippen LogP contribution is -2.27. The molecule has 0 bridgehead atoms. The van der Waals surface area contributed by atoms with Gasteiger partial charge in [-0.15, -0.1) is 0 Å². The van der Waals surface area contributed by atoms with E-state index in [1.54, 1.807) is 0 Å². The van der Waals surface area contributed by atoms with Gasteiger partial charge in [0.25, 0.3) is 0 Å². The molecule has 0 amide bonds. The van der Waals surface area contributed by atoms with E-state index in [1.807, 2.05) is 0 Å². The molecule has 0 aliphatic heterocycles. The molecule has 8 nitrogen and oxygen atoms in total. The summed E-state index contributed by atoms with van der Waals surface area (Å²) in [4.78, 5) is 43.4. The van der Waals surface area contributed by atoms with E-state index in [1.165, 1.54) is 12.1 Å². The van der Waals surface area contributed by atoms with Gasteiger partial charge < -0.3 is 20.4 Å². The SMILES string of the molecule is O=C(O)CCCC1(C(=O)O)CCCC1.O=C(O)c1ccc(C(=O)O)c2c1CCCC2. The Hall–Kier alpha value is -2.90. The maximum atomic E-state index is 11.1. The van der Waals surface area contributed by atoms with Crippen molar-refractivity contribution >= 4 is 23.9 Å². The highest BCUT2D eigenvalue weighted by atomic mass is 16.4. The Morgan fingerprint density at radius 3 is 1.60 bits per heavy atom. The topological polar surface area (TPSA) is 149 Å². The van der Waals surface area contributed by atoms with Crippen molar-refractivity contribution in [1.82, 2.24) is 0 Å². The van der Waals surface area contributed by atoms with E-state index >= 15 is 0 Å². The normalized spacial score (nSPS) is 16.7. The maximum absolute atomic E-state index is 11.1. The summed E-state index contributed by atoms with van der Waals surface area (Å²) in [5.74, 6) is -3.55. The van der Waals surface area contributed by atoms with Crippen LogP contribution < -0.4 is 0 Å². The largest absolute Gasteiger partial charge is 0.481 e. The Labute approximate surface area is 174 Å². The van der Waals surface area contributed by atoms with Crippen LogP contribution in [0.25, 0.3) is 0 Å². The zero-order valence-corrected chi connectivity index (χ0v) is 16.9. The summed E-state index contributed by atoms with van der Waals surface area (Å²) < 4.78 is 0. The monoisotopic (exact) mass is 420 g/mol. The van der Waals surface area contributed by atoms with Crippen LogP contribution in [0.4, 0.5) is 0 Å². The molecule has 3 rings (SSSR count). The first-order valence-corrected chi connectivity index (χ1v) is 10.2. The average molecular weight is 420 g/mol. The van der Waals surface area contributed by atoms with Crippen LogP contribution in [-0.2, 0) is 22.4 Å². The van der Waals surface area contributed by atoms with Crippen LogP contribution in [0, 0.1) is 5.41 Å². The first-order chi connectivity index (χ1) is 14.2. The van der Waals surface area contributed by atoms with Crippen molar-refractivity contribution in [2.45, 2.75) is 70.6 Å². The van der Waals surface area contributed by atoms with Gasteiger partial charge in [-0.05, 0) is 74.6 Å². The molecular formula is C22H28O8. The van der Waals surface area contributed by atoms with Gasteiger partial charge in [-0.1, -0.05) is 12.8 Å². The van der Waals surface area contributed by atoms with Gasteiger partial charge in [0.15, 0.2) is 0 Å². The Morgan fingerprint density at radius 2 is 1.23 bits per heavy atom. The number of hydrogen-bond donors (Lipinski definition) is 4. The number of aliphatic carboxylic acids is 2. The lowest BCUT2D eigenvalue weighted by atomic mass is 9.81. The smallest absolute Gasteiger partial charge is 0.335 e. The molecule has 4 N–H and O–H groups in total. The van der Waals surface area contributed by atoms with Gasteiger partial charge in [0.2, 0.25) is 0 Å². The van der Waals surface area contributed by atoms with Crippen molar-refractivity contribution in [3.05, 3.63) is 34.4 Å². The van der Waals surface area contributed by atoms with Gasteiger partial charge in [0.1, 0.15) is 0 Å². The van der Waals surface area contributed by atoms with Crippen molar-refractivity contribution in [2.75, 3.05) is 0 Å². The zero-order valence-electron chi connectivity index (χ0n) is 16.9. The lowest BCUT2D eigenvalue weighted by molar-refractivity contribution is -0.149. The minimum atomic E-state index is -0.977. The van der Waals surface area contributed by atoms with Crippen LogP contribution in [0.2, 0.25) is 0 Å². The summed E-state index contributed by atoms with van der Waals surface area (Å²) in [5.41, 5.74) is 1.30. The Balaban J connectivity index is 0.000000216. The average Bonchev–Trinajstić information content (AvgIpc) is 3.17. The summed E-state index contributed by atoms with van der Waals surface area (Å²) in [6.07, 6.45) is 7.58. The quantitative estimate of drug-likeness (QED) is 0.519. The van der Waals surface area contributed by atoms with E-state index in [0.717, 1.165) is 25.7 Å². The van der Waals surface area contributed by atoms with Crippen LogP contribution >= 0.6 is 0 Å². The first-order valence-electron chi connectivity index (χ1n) is 10.2. The maximum Gasteiger partial charge on any atom is 0.335 e. The molecule has 0 radical (unpaired) electrons. The molecule has 0 saturated heterocycles. The van der Waals surface area contributed by atoms with Crippen molar-refractivity contribution in [2.24, 2.45) is 5.41 Å². The number of carboxylic acid groups (broad SMARTS) is 4. The van der Waals surface area contributed by atoms with Crippen LogP contribution in [0.3, 0.4) is 0 Å². The molecule has 8 heteroatoms. The molecule has 0 aromatic heterocycles. The highest BCUT2D eigenvalue weighted by Crippen LogP contribution is 2.42. The molecule has 1 aromatic rings. The molecule has 2 aliphatic rings. The lowest BCUT2D eigenvalue weighted by Gasteiger charge is -2.22. The third-order valence-electron chi connectivity index (χ3n) is 6.06. The van der Waals surface area contributed by atoms with E-state index in [2.05, 4.69) is 0 Å². The number of aromatic carboxylic acids is 2. The van der Waals surface area contributed by atoms with Crippen LogP contribution in [0.1, 0.15) is 89.6 Å². The van der Waals surface area contributed by atoms with Crippen LogP contribution in [-0.4, -0.2) is 44.3 Å². The predicted molar refractivity (Wildman–Crippen MR) is 107 cm³/mol. The summed E-state index contributed by atoms with van der Waals surface area (Å²) >= 11 is 0. The molecule has 1 saturated carbocycles. The molecule has 0 unspecified atom stereocenters. The molecule has 1 fully saturated rings. The van der Waals surface area contributed by atoms with Crippen molar-refractivity contribution in [3.63, 3.8) is 0 Å². The second-order valence-corrected chi connectivity index (χ2v) is 7.98. The molecule has 0 atom stereocenters. The molecule has 164 valence electrons. The third-order valence-corrected chi connectivity index (χ3v) is 6.06. The number of fused-ring (bicyclic) bond motifs is 1. The number of rotatable bonds is 7. The Kier molecular flexibility index (Phi) is 7.97. The highest BCUT2D eigenvalue weighted by Gasteiger charge is 2.40. The van der Waals surface area contributed by atoms with Gasteiger partial charge in [-0.2, -0.15) is 0 Å². The van der Waals surface area contributed by atoms with Crippen LogP contribution in [0.5, 0.6) is 0 Å². The summed E-state index contributed by atoms with van der Waals surface area (Å²) in [6.45, 7) is 0. The van der Waals surface area contributed by atoms with E-state index in [9.17, 15) is 19.2 Å². The van der Waals surface area contributed by atoms with Gasteiger partial charge in [-0.3, -0.25) is 9.59 Å². The molecular weight excluding hydrogens is 392 g/mol. The van der Waals surface area contributed by atoms with Crippen LogP contribution in [0.15, 0.2) is 12.1 Å². The van der Waals surface area contributed by atoms with Gasteiger partial charge in [0.05, 0.1) is 16.5 Å². The fourth-order valence-corrected chi connectivity index (χ4v) is 4.47. The minimum absolute atomic E-state index is 0.0784. The van der Waals surface area contributed by atoms with Crippen molar-refractivity contribution in [1.29, 1.82) is 0 Å². The van der Waals surface area contributed by atoms with Gasteiger partial charge in [0, 0.05) is 6.42 Å². The molecule has 30 heavy (non-hydrogen) atoms. The Bertz CT molecular complexity index is 778. The number of carbonyl (C=O) groups is 4. The highest BCUT2D eigenvalue weighted by molar-refractivity contribution is 5.95. The molecule has 0 spiro atoms. The Morgan fingerprint density at radius 1 is 0.767 bits per heavy atom. The standard InChI is InChI=1S/C12H12O4.C10H16O4/c13-11(14)9-5-6-10(12(15)16)8-4-2-1-3-7(8)9;11-8(12)4-3-7-10(9(13)14)5-1-2-6-10/h5-6H,1-4H2,(H,13,14)(H,15,16);1-7H2,(H,11,12)(H,13,14). The number of carboxylic acids is 4. The predicted octanol–water partition coefficient (Wildman–Crippen LogP) is 3.85. The second-order valence-electron chi connectivity index (χ2n) is 7.98.